The zero-order valence-corrected chi connectivity index (χ0v) is 13.4. The maximum absolute atomic E-state index is 11.3. The molecule has 2 N–H and O–H groups in total. The third-order valence-electron chi connectivity index (χ3n) is 2.91. The molecule has 0 aliphatic heterocycles. The highest BCUT2D eigenvalue weighted by Crippen LogP contribution is 2.26. The minimum absolute atomic E-state index is 0.228. The van der Waals surface area contributed by atoms with Gasteiger partial charge in [0.25, 0.3) is 0 Å². The lowest BCUT2D eigenvalue weighted by molar-refractivity contribution is -0.142. The average Bonchev–Trinajstić information content (AvgIpc) is 2.95. The van der Waals surface area contributed by atoms with Crippen LogP contribution in [-0.4, -0.2) is 19.1 Å². The molecule has 0 saturated heterocycles. The number of methoxy groups -OCH3 is 1. The molecule has 0 fully saturated rings. The molecule has 118 valence electrons. The number of carbonyl (C=O) groups excluding carboxylic acids is 1. The van der Waals surface area contributed by atoms with Crippen molar-refractivity contribution in [3.8, 4) is 5.75 Å². The molecular weight excluding hydrogens is 329 g/mol. The molecule has 0 amide bonds. The van der Waals surface area contributed by atoms with E-state index in [0.29, 0.717) is 27.3 Å². The lowest BCUT2D eigenvalue weighted by atomic mass is 10.2. The largest absolute Gasteiger partial charge is 0.486 e. The highest BCUT2D eigenvalue weighted by Gasteiger charge is 2.16. The van der Waals surface area contributed by atoms with Gasteiger partial charge in [0.15, 0.2) is 0 Å². The molecule has 1 aromatic heterocycles. The molecule has 0 bridgehead atoms. The predicted molar refractivity (Wildman–Crippen MR) is 83.2 cm³/mol. The summed E-state index contributed by atoms with van der Waals surface area (Å²) in [6, 6.07) is 7.75. The summed E-state index contributed by atoms with van der Waals surface area (Å²) < 4.78 is 15.7. The van der Waals surface area contributed by atoms with Crippen LogP contribution in [0.15, 0.2) is 34.7 Å². The molecule has 0 radical (unpaired) electrons. The second-order valence-corrected chi connectivity index (χ2v) is 5.38. The van der Waals surface area contributed by atoms with Crippen LogP contribution >= 0.6 is 23.2 Å². The summed E-state index contributed by atoms with van der Waals surface area (Å²) in [6.07, 6.45) is 0.263. The number of carbonyl (C=O) groups is 1. The van der Waals surface area contributed by atoms with E-state index in [2.05, 4.69) is 4.74 Å². The van der Waals surface area contributed by atoms with Crippen molar-refractivity contribution in [2.45, 2.75) is 19.1 Å². The van der Waals surface area contributed by atoms with E-state index in [1.165, 1.54) is 7.11 Å². The number of hydrogen-bond donors (Lipinski definition) is 1. The first-order valence-corrected chi connectivity index (χ1v) is 7.24. The average molecular weight is 344 g/mol. The van der Waals surface area contributed by atoms with Crippen molar-refractivity contribution in [3.05, 3.63) is 51.9 Å². The Morgan fingerprint density at radius 3 is 2.64 bits per heavy atom. The van der Waals surface area contributed by atoms with Gasteiger partial charge in [0, 0.05) is 12.5 Å². The second-order valence-electron chi connectivity index (χ2n) is 4.57. The van der Waals surface area contributed by atoms with E-state index in [1.54, 1.807) is 30.3 Å². The number of esters is 1. The van der Waals surface area contributed by atoms with Gasteiger partial charge in [-0.05, 0) is 24.3 Å². The predicted octanol–water partition coefficient (Wildman–Crippen LogP) is 3.21. The summed E-state index contributed by atoms with van der Waals surface area (Å²) in [5.74, 6) is 1.30. The summed E-state index contributed by atoms with van der Waals surface area (Å²) in [4.78, 5) is 11.3. The Morgan fingerprint density at radius 1 is 1.23 bits per heavy atom. The standard InChI is InChI=1S/C15H15Cl2NO4/c1-20-15(19)14(18)7-10-2-3-11(22-10)8-21-9-4-5-12(16)13(17)6-9/h2-6,14H,7-8,18H2,1H3. The van der Waals surface area contributed by atoms with Gasteiger partial charge in [0.05, 0.1) is 17.2 Å². The third kappa shape index (κ3) is 4.40. The smallest absolute Gasteiger partial charge is 0.323 e. The number of rotatable bonds is 6. The first-order chi connectivity index (χ1) is 10.5. The summed E-state index contributed by atoms with van der Waals surface area (Å²) in [7, 11) is 1.29. The van der Waals surface area contributed by atoms with Gasteiger partial charge in [-0.15, -0.1) is 0 Å². The monoisotopic (exact) mass is 343 g/mol. The fourth-order valence-electron chi connectivity index (χ4n) is 1.78. The van der Waals surface area contributed by atoms with Gasteiger partial charge in [-0.2, -0.15) is 0 Å². The summed E-state index contributed by atoms with van der Waals surface area (Å²) in [5.41, 5.74) is 5.67. The molecule has 0 aliphatic rings. The summed E-state index contributed by atoms with van der Waals surface area (Å²) >= 11 is 11.7. The fraction of sp³-hybridized carbons (Fsp3) is 0.267. The second kappa shape index (κ2) is 7.54. The van der Waals surface area contributed by atoms with Crippen LogP contribution in [0.25, 0.3) is 0 Å². The van der Waals surface area contributed by atoms with Gasteiger partial charge in [0.2, 0.25) is 0 Å². The van der Waals surface area contributed by atoms with Gasteiger partial charge in [-0.25, -0.2) is 0 Å². The van der Waals surface area contributed by atoms with Crippen LogP contribution in [0, 0.1) is 0 Å². The van der Waals surface area contributed by atoms with Crippen molar-refractivity contribution in [1.82, 2.24) is 0 Å². The Bertz CT molecular complexity index is 657. The first kappa shape index (κ1) is 16.7. The topological polar surface area (TPSA) is 74.7 Å². The van der Waals surface area contributed by atoms with E-state index < -0.39 is 12.0 Å². The highest BCUT2D eigenvalue weighted by atomic mass is 35.5. The van der Waals surface area contributed by atoms with Crippen molar-refractivity contribution in [1.29, 1.82) is 0 Å². The van der Waals surface area contributed by atoms with Gasteiger partial charge >= 0.3 is 5.97 Å². The van der Waals surface area contributed by atoms with E-state index >= 15 is 0 Å². The highest BCUT2D eigenvalue weighted by molar-refractivity contribution is 6.42. The lowest BCUT2D eigenvalue weighted by Gasteiger charge is -2.07. The van der Waals surface area contributed by atoms with E-state index in [-0.39, 0.29) is 13.0 Å². The van der Waals surface area contributed by atoms with Gasteiger partial charge in [-0.1, -0.05) is 23.2 Å². The van der Waals surface area contributed by atoms with Crippen LogP contribution in [0.5, 0.6) is 5.75 Å². The lowest BCUT2D eigenvalue weighted by Crippen LogP contribution is -2.33. The molecule has 1 aromatic carbocycles. The zero-order chi connectivity index (χ0) is 16.1. The number of halogens is 2. The van der Waals surface area contributed by atoms with Crippen molar-refractivity contribution in [3.63, 3.8) is 0 Å². The van der Waals surface area contributed by atoms with Gasteiger partial charge in [0.1, 0.15) is 29.9 Å². The number of ether oxygens (including phenoxy) is 2. The van der Waals surface area contributed by atoms with Gasteiger partial charge < -0.3 is 19.6 Å². The minimum Gasteiger partial charge on any atom is -0.486 e. The Morgan fingerprint density at radius 2 is 1.95 bits per heavy atom. The molecule has 7 heteroatoms. The van der Waals surface area contributed by atoms with Crippen molar-refractivity contribution >= 4 is 29.2 Å². The Balaban J connectivity index is 1.91. The number of benzene rings is 1. The normalized spacial score (nSPS) is 12.0. The van der Waals surface area contributed by atoms with E-state index in [9.17, 15) is 4.79 Å². The summed E-state index contributed by atoms with van der Waals surface area (Å²) in [5, 5.41) is 0.884. The van der Waals surface area contributed by atoms with Crippen LogP contribution in [0.4, 0.5) is 0 Å². The molecule has 0 spiro atoms. The molecule has 0 saturated carbocycles. The van der Waals surface area contributed by atoms with Gasteiger partial charge in [-0.3, -0.25) is 4.79 Å². The molecular formula is C15H15Cl2NO4. The molecule has 2 rings (SSSR count). The molecule has 1 heterocycles. The van der Waals surface area contributed by atoms with Crippen LogP contribution in [0.1, 0.15) is 11.5 Å². The molecule has 22 heavy (non-hydrogen) atoms. The number of nitrogens with two attached hydrogens (primary N) is 1. The number of hydrogen-bond acceptors (Lipinski definition) is 5. The van der Waals surface area contributed by atoms with Crippen LogP contribution in [0.2, 0.25) is 10.0 Å². The quantitative estimate of drug-likeness (QED) is 0.815. The number of furan rings is 1. The molecule has 1 atom stereocenters. The van der Waals surface area contributed by atoms with E-state index in [0.717, 1.165) is 0 Å². The van der Waals surface area contributed by atoms with E-state index in [1.807, 2.05) is 0 Å². The Labute approximate surface area is 137 Å². The van der Waals surface area contributed by atoms with Crippen molar-refractivity contribution < 1.29 is 18.7 Å². The maximum Gasteiger partial charge on any atom is 0.323 e. The molecule has 0 aliphatic carbocycles. The summed E-state index contributed by atoms with van der Waals surface area (Å²) in [6.45, 7) is 0.228. The Kier molecular flexibility index (Phi) is 5.71. The third-order valence-corrected chi connectivity index (χ3v) is 3.65. The van der Waals surface area contributed by atoms with Crippen molar-refractivity contribution in [2.75, 3.05) is 7.11 Å². The molecule has 1 unspecified atom stereocenters. The fourth-order valence-corrected chi connectivity index (χ4v) is 2.07. The zero-order valence-electron chi connectivity index (χ0n) is 11.8. The van der Waals surface area contributed by atoms with Crippen LogP contribution in [0.3, 0.4) is 0 Å². The Hall–Kier alpha value is -1.69. The van der Waals surface area contributed by atoms with Crippen LogP contribution < -0.4 is 10.5 Å². The van der Waals surface area contributed by atoms with E-state index in [4.69, 9.17) is 38.1 Å². The minimum atomic E-state index is -0.750. The maximum atomic E-state index is 11.3. The SMILES string of the molecule is COC(=O)C(N)Cc1ccc(COc2ccc(Cl)c(Cl)c2)o1. The first-order valence-electron chi connectivity index (χ1n) is 6.48. The molecule has 2 aromatic rings. The van der Waals surface area contributed by atoms with Crippen molar-refractivity contribution in [2.24, 2.45) is 5.73 Å². The van der Waals surface area contributed by atoms with Crippen LogP contribution in [-0.2, 0) is 22.6 Å². The molecule has 5 nitrogen and oxygen atoms in total.